The van der Waals surface area contributed by atoms with Crippen LogP contribution in [-0.4, -0.2) is 11.8 Å². The molecule has 17 heavy (non-hydrogen) atoms. The molecule has 1 saturated heterocycles. The zero-order valence-electron chi connectivity index (χ0n) is 10.4. The second-order valence-electron chi connectivity index (χ2n) is 4.80. The number of nitrogens with one attached hydrogen (secondary N) is 1. The summed E-state index contributed by atoms with van der Waals surface area (Å²) < 4.78 is 0. The molecule has 3 nitrogen and oxygen atoms in total. The predicted octanol–water partition coefficient (Wildman–Crippen LogP) is 2.07. The third-order valence-electron chi connectivity index (χ3n) is 3.73. The predicted molar refractivity (Wildman–Crippen MR) is 65.6 cm³/mol. The van der Waals surface area contributed by atoms with Crippen LogP contribution in [-0.2, 0) is 9.59 Å². The van der Waals surface area contributed by atoms with Crippen LogP contribution >= 0.6 is 0 Å². The lowest BCUT2D eigenvalue weighted by molar-refractivity contribution is -0.136. The smallest absolute Gasteiger partial charge is 0.230 e. The summed E-state index contributed by atoms with van der Waals surface area (Å²) >= 11 is 0. The van der Waals surface area contributed by atoms with E-state index in [4.69, 9.17) is 0 Å². The Hall–Kier alpha value is -1.64. The van der Waals surface area contributed by atoms with E-state index >= 15 is 0 Å². The SMILES string of the molecule is Cc1cccc(C2CC(=O)NC(=O)C2C)c1C. The Bertz CT molecular complexity index is 479. The molecule has 0 aromatic heterocycles. The summed E-state index contributed by atoms with van der Waals surface area (Å²) in [5, 5.41) is 2.38. The zero-order valence-corrected chi connectivity index (χ0v) is 10.4. The highest BCUT2D eigenvalue weighted by Gasteiger charge is 2.34. The van der Waals surface area contributed by atoms with E-state index in [0.717, 1.165) is 5.56 Å². The van der Waals surface area contributed by atoms with Crippen LogP contribution < -0.4 is 5.32 Å². The molecule has 1 aliphatic rings. The van der Waals surface area contributed by atoms with Gasteiger partial charge in [0.05, 0.1) is 0 Å². The molecule has 2 amide bonds. The maximum atomic E-state index is 11.7. The van der Waals surface area contributed by atoms with E-state index in [1.165, 1.54) is 11.1 Å². The molecule has 2 unspecified atom stereocenters. The normalized spacial score (nSPS) is 24.6. The fourth-order valence-electron chi connectivity index (χ4n) is 2.42. The fraction of sp³-hybridized carbons (Fsp3) is 0.429. The van der Waals surface area contributed by atoms with Crippen molar-refractivity contribution >= 4 is 11.8 Å². The second kappa shape index (κ2) is 4.32. The van der Waals surface area contributed by atoms with Gasteiger partial charge in [-0.25, -0.2) is 0 Å². The molecule has 0 saturated carbocycles. The molecule has 3 heteroatoms. The van der Waals surface area contributed by atoms with Crippen LogP contribution in [0.2, 0.25) is 0 Å². The van der Waals surface area contributed by atoms with Gasteiger partial charge in [-0.15, -0.1) is 0 Å². The Balaban J connectivity index is 2.41. The van der Waals surface area contributed by atoms with Crippen molar-refractivity contribution in [2.24, 2.45) is 5.92 Å². The van der Waals surface area contributed by atoms with Crippen molar-refractivity contribution in [3.8, 4) is 0 Å². The first kappa shape index (κ1) is 11.8. The molecule has 1 aromatic carbocycles. The molecule has 0 radical (unpaired) electrons. The highest BCUT2D eigenvalue weighted by atomic mass is 16.2. The summed E-state index contributed by atoms with van der Waals surface area (Å²) in [4.78, 5) is 23.1. The van der Waals surface area contributed by atoms with Gasteiger partial charge in [0.1, 0.15) is 0 Å². The van der Waals surface area contributed by atoms with Gasteiger partial charge in [-0.05, 0) is 30.5 Å². The van der Waals surface area contributed by atoms with Crippen molar-refractivity contribution in [1.29, 1.82) is 0 Å². The molecule has 0 bridgehead atoms. The zero-order chi connectivity index (χ0) is 12.6. The third kappa shape index (κ3) is 2.09. The Labute approximate surface area is 101 Å². The molecule has 1 fully saturated rings. The lowest BCUT2D eigenvalue weighted by atomic mass is 9.79. The minimum atomic E-state index is -0.168. The summed E-state index contributed by atoms with van der Waals surface area (Å²) in [6.07, 6.45) is 0.400. The number of benzene rings is 1. The van der Waals surface area contributed by atoms with Crippen LogP contribution in [0.15, 0.2) is 18.2 Å². The topological polar surface area (TPSA) is 46.2 Å². The van der Waals surface area contributed by atoms with E-state index < -0.39 is 0 Å². The molecule has 2 rings (SSSR count). The van der Waals surface area contributed by atoms with Crippen LogP contribution in [0.4, 0.5) is 0 Å². The first-order valence-corrected chi connectivity index (χ1v) is 5.90. The van der Waals surface area contributed by atoms with Gasteiger partial charge >= 0.3 is 0 Å². The molecule has 2 atom stereocenters. The van der Waals surface area contributed by atoms with Crippen LogP contribution in [0.5, 0.6) is 0 Å². The monoisotopic (exact) mass is 231 g/mol. The largest absolute Gasteiger partial charge is 0.296 e. The average Bonchev–Trinajstić information content (AvgIpc) is 2.27. The third-order valence-corrected chi connectivity index (χ3v) is 3.73. The number of hydrogen-bond donors (Lipinski definition) is 1. The van der Waals surface area contributed by atoms with Crippen molar-refractivity contribution in [2.75, 3.05) is 0 Å². The molecule has 1 aromatic rings. The number of amides is 2. The molecule has 0 aliphatic carbocycles. The van der Waals surface area contributed by atoms with E-state index in [9.17, 15) is 9.59 Å². The van der Waals surface area contributed by atoms with Crippen LogP contribution in [0.3, 0.4) is 0 Å². The first-order chi connectivity index (χ1) is 8.00. The summed E-state index contributed by atoms with van der Waals surface area (Å²) in [7, 11) is 0. The van der Waals surface area contributed by atoms with Crippen LogP contribution in [0, 0.1) is 19.8 Å². The Morgan fingerprint density at radius 2 is 1.94 bits per heavy atom. The number of rotatable bonds is 1. The molecular weight excluding hydrogens is 214 g/mol. The van der Waals surface area contributed by atoms with Gasteiger partial charge in [0.2, 0.25) is 11.8 Å². The molecular formula is C14H17NO2. The standard InChI is InChI=1S/C14H17NO2/c1-8-5-4-6-11(9(8)2)12-7-13(16)15-14(17)10(12)3/h4-6,10,12H,7H2,1-3H3,(H,15,16,17). The molecule has 0 spiro atoms. The molecule has 1 heterocycles. The summed E-state index contributed by atoms with van der Waals surface area (Å²) in [6.45, 7) is 5.98. The fourth-order valence-corrected chi connectivity index (χ4v) is 2.42. The van der Waals surface area contributed by atoms with Crippen molar-refractivity contribution in [1.82, 2.24) is 5.32 Å². The van der Waals surface area contributed by atoms with Crippen molar-refractivity contribution in [3.63, 3.8) is 0 Å². The van der Waals surface area contributed by atoms with Gasteiger partial charge in [0, 0.05) is 18.3 Å². The lowest BCUT2D eigenvalue weighted by Gasteiger charge is -2.29. The minimum absolute atomic E-state index is 0.0103. The number of hydrogen-bond acceptors (Lipinski definition) is 2. The van der Waals surface area contributed by atoms with Gasteiger partial charge < -0.3 is 0 Å². The van der Waals surface area contributed by atoms with Gasteiger partial charge in [-0.1, -0.05) is 25.1 Å². The summed E-state index contributed by atoms with van der Waals surface area (Å²) in [6, 6.07) is 6.06. The Kier molecular flexibility index (Phi) is 3.01. The number of carbonyl (C=O) groups is 2. The Morgan fingerprint density at radius 1 is 1.24 bits per heavy atom. The van der Waals surface area contributed by atoms with E-state index in [-0.39, 0.29) is 23.7 Å². The highest BCUT2D eigenvalue weighted by Crippen LogP contribution is 2.33. The average molecular weight is 231 g/mol. The number of piperidine rings is 1. The highest BCUT2D eigenvalue weighted by molar-refractivity contribution is 5.99. The van der Waals surface area contributed by atoms with Crippen molar-refractivity contribution < 1.29 is 9.59 Å². The second-order valence-corrected chi connectivity index (χ2v) is 4.80. The first-order valence-electron chi connectivity index (χ1n) is 5.90. The number of carbonyl (C=O) groups excluding carboxylic acids is 2. The summed E-state index contributed by atoms with van der Waals surface area (Å²) in [5.74, 6) is -0.462. The number of imide groups is 1. The van der Waals surface area contributed by atoms with E-state index in [2.05, 4.69) is 5.32 Å². The van der Waals surface area contributed by atoms with Crippen molar-refractivity contribution in [2.45, 2.75) is 33.1 Å². The minimum Gasteiger partial charge on any atom is -0.296 e. The maximum Gasteiger partial charge on any atom is 0.230 e. The maximum absolute atomic E-state index is 11.7. The van der Waals surface area contributed by atoms with E-state index in [1.807, 2.05) is 39.0 Å². The summed E-state index contributed by atoms with van der Waals surface area (Å²) in [5.41, 5.74) is 3.51. The van der Waals surface area contributed by atoms with Gasteiger partial charge in [-0.3, -0.25) is 14.9 Å². The van der Waals surface area contributed by atoms with Crippen LogP contribution in [0.25, 0.3) is 0 Å². The molecule has 1 aliphatic heterocycles. The van der Waals surface area contributed by atoms with Gasteiger partial charge in [0.15, 0.2) is 0 Å². The van der Waals surface area contributed by atoms with Gasteiger partial charge in [0.25, 0.3) is 0 Å². The number of aryl methyl sites for hydroxylation is 1. The van der Waals surface area contributed by atoms with E-state index in [0.29, 0.717) is 6.42 Å². The molecule has 90 valence electrons. The Morgan fingerprint density at radius 3 is 2.65 bits per heavy atom. The molecule has 1 N–H and O–H groups in total. The quantitative estimate of drug-likeness (QED) is 0.752. The van der Waals surface area contributed by atoms with E-state index in [1.54, 1.807) is 0 Å². The lowest BCUT2D eigenvalue weighted by Crippen LogP contribution is -2.43. The van der Waals surface area contributed by atoms with Crippen LogP contribution in [0.1, 0.15) is 36.0 Å². The van der Waals surface area contributed by atoms with Gasteiger partial charge in [-0.2, -0.15) is 0 Å². The van der Waals surface area contributed by atoms with Crippen molar-refractivity contribution in [3.05, 3.63) is 34.9 Å².